The molecule has 33 heavy (non-hydrogen) atoms. The molecule has 0 aromatic heterocycles. The van der Waals surface area contributed by atoms with Gasteiger partial charge in [0.05, 0.1) is 16.5 Å². The summed E-state index contributed by atoms with van der Waals surface area (Å²) in [5, 5.41) is 11.7. The number of hydrogen-bond acceptors (Lipinski definition) is 3. The van der Waals surface area contributed by atoms with Crippen LogP contribution < -0.4 is 0 Å². The van der Waals surface area contributed by atoms with E-state index in [1.54, 1.807) is 16.4 Å². The molecule has 0 saturated carbocycles. The Morgan fingerprint density at radius 3 is 1.88 bits per heavy atom. The molecule has 0 spiro atoms. The summed E-state index contributed by atoms with van der Waals surface area (Å²) in [6.07, 6.45) is 1.33. The third-order valence-corrected chi connectivity index (χ3v) is 17.3. The summed E-state index contributed by atoms with van der Waals surface area (Å²) in [6, 6.07) is 9.87. The number of benzene rings is 1. The van der Waals surface area contributed by atoms with Crippen molar-refractivity contribution in [2.45, 2.75) is 109 Å². The standard InChI is InChI=1S/C27H44N2O2SSi/c1-11-27(12-2)26(25(17-28)33(19(3)4,20(5)6)21(7)8)23(10)18-29(27)32(30,31)24-15-13-22(9)14-16-24/h13-16,19-21,23H,11-12,18H2,1-10H3/b26-25+. The Morgan fingerprint density at radius 1 is 1.06 bits per heavy atom. The monoisotopic (exact) mass is 488 g/mol. The number of nitrogens with zero attached hydrogens (tertiary/aromatic N) is 2. The van der Waals surface area contributed by atoms with Crippen molar-refractivity contribution in [1.29, 1.82) is 5.26 Å². The molecule has 4 nitrogen and oxygen atoms in total. The smallest absolute Gasteiger partial charge is 0.207 e. The van der Waals surface area contributed by atoms with E-state index in [9.17, 15) is 13.7 Å². The molecule has 1 fully saturated rings. The summed E-state index contributed by atoms with van der Waals surface area (Å²) in [5.41, 5.74) is 2.65. The van der Waals surface area contributed by atoms with Crippen LogP contribution >= 0.6 is 0 Å². The third kappa shape index (κ3) is 4.26. The van der Waals surface area contributed by atoms with Gasteiger partial charge >= 0.3 is 0 Å². The summed E-state index contributed by atoms with van der Waals surface area (Å²) in [6.45, 7) is 22.3. The van der Waals surface area contributed by atoms with E-state index in [1.165, 1.54) is 0 Å². The number of sulfonamides is 1. The van der Waals surface area contributed by atoms with Crippen LogP contribution in [0.2, 0.25) is 16.6 Å². The molecule has 1 aliphatic rings. The minimum atomic E-state index is -3.70. The lowest BCUT2D eigenvalue weighted by Gasteiger charge is -2.46. The van der Waals surface area contributed by atoms with Crippen LogP contribution in [0.1, 0.15) is 80.7 Å². The summed E-state index contributed by atoms with van der Waals surface area (Å²) in [7, 11) is -5.96. The predicted octanol–water partition coefficient (Wildman–Crippen LogP) is 7.23. The number of rotatable bonds is 8. The van der Waals surface area contributed by atoms with Gasteiger partial charge in [-0.15, -0.1) is 0 Å². The van der Waals surface area contributed by atoms with Crippen LogP contribution in [-0.4, -0.2) is 32.9 Å². The van der Waals surface area contributed by atoms with Gasteiger partial charge < -0.3 is 0 Å². The molecule has 1 atom stereocenters. The van der Waals surface area contributed by atoms with Crippen LogP contribution in [0, 0.1) is 24.2 Å². The van der Waals surface area contributed by atoms with E-state index in [0.717, 1.165) is 16.3 Å². The number of nitriles is 1. The van der Waals surface area contributed by atoms with Crippen molar-refractivity contribution in [2.24, 2.45) is 5.92 Å². The first kappa shape index (κ1) is 27.8. The molecule has 1 aromatic rings. The van der Waals surface area contributed by atoms with Crippen LogP contribution in [0.15, 0.2) is 39.9 Å². The van der Waals surface area contributed by atoms with Crippen molar-refractivity contribution in [1.82, 2.24) is 4.31 Å². The largest absolute Gasteiger partial charge is 0.243 e. The maximum atomic E-state index is 14.0. The molecule has 0 radical (unpaired) electrons. The molecule has 1 aromatic carbocycles. The average Bonchev–Trinajstić information content (AvgIpc) is 3.04. The topological polar surface area (TPSA) is 61.2 Å². The zero-order chi connectivity index (χ0) is 25.4. The molecule has 0 N–H and O–H groups in total. The van der Waals surface area contributed by atoms with Gasteiger partial charge in [-0.25, -0.2) is 8.42 Å². The van der Waals surface area contributed by atoms with Gasteiger partial charge in [0.1, 0.15) is 8.07 Å². The Kier molecular flexibility index (Phi) is 8.48. The molecular formula is C27H44N2O2SSi. The Balaban J connectivity index is 2.92. The molecule has 1 heterocycles. The highest BCUT2D eigenvalue weighted by Crippen LogP contribution is 2.54. The summed E-state index contributed by atoms with van der Waals surface area (Å²) in [5.74, 6) is 0.0166. The van der Waals surface area contributed by atoms with Crippen LogP contribution in [0.25, 0.3) is 0 Å². The lowest BCUT2D eigenvalue weighted by Crippen LogP contribution is -2.51. The first-order valence-electron chi connectivity index (χ1n) is 12.5. The van der Waals surface area contributed by atoms with E-state index in [2.05, 4.69) is 68.4 Å². The van der Waals surface area contributed by atoms with Gasteiger partial charge in [0.25, 0.3) is 0 Å². The molecule has 184 valence electrons. The van der Waals surface area contributed by atoms with Gasteiger partial charge in [-0.3, -0.25) is 0 Å². The molecule has 6 heteroatoms. The number of allylic oxidation sites excluding steroid dienone is 1. The average molecular weight is 489 g/mol. The number of hydrogen-bond donors (Lipinski definition) is 0. The molecule has 1 saturated heterocycles. The highest BCUT2D eigenvalue weighted by atomic mass is 32.2. The molecule has 2 rings (SSSR count). The lowest BCUT2D eigenvalue weighted by atomic mass is 9.82. The third-order valence-electron chi connectivity index (χ3n) is 8.37. The summed E-state index contributed by atoms with van der Waals surface area (Å²) < 4.78 is 29.7. The van der Waals surface area contributed by atoms with Crippen LogP contribution in [0.3, 0.4) is 0 Å². The Hall–Kier alpha value is -1.42. The highest BCUT2D eigenvalue weighted by Gasteiger charge is 2.57. The highest BCUT2D eigenvalue weighted by molar-refractivity contribution is 7.89. The van der Waals surface area contributed by atoms with Crippen molar-refractivity contribution in [3.05, 3.63) is 40.6 Å². The fraction of sp³-hybridized carbons (Fsp3) is 0.667. The van der Waals surface area contributed by atoms with Crippen LogP contribution in [-0.2, 0) is 10.0 Å². The zero-order valence-corrected chi connectivity index (χ0v) is 24.2. The lowest BCUT2D eigenvalue weighted by molar-refractivity contribution is 0.257. The van der Waals surface area contributed by atoms with Crippen molar-refractivity contribution in [3.63, 3.8) is 0 Å². The predicted molar refractivity (Wildman–Crippen MR) is 141 cm³/mol. The van der Waals surface area contributed by atoms with E-state index < -0.39 is 23.6 Å². The second kappa shape index (κ2) is 10.1. The Morgan fingerprint density at radius 2 is 1.52 bits per heavy atom. The fourth-order valence-electron chi connectivity index (χ4n) is 6.99. The van der Waals surface area contributed by atoms with Crippen molar-refractivity contribution in [3.8, 4) is 6.07 Å². The van der Waals surface area contributed by atoms with Gasteiger partial charge in [0.15, 0.2) is 0 Å². The minimum absolute atomic E-state index is 0.0166. The second-order valence-corrected chi connectivity index (χ2v) is 18.5. The maximum absolute atomic E-state index is 14.0. The zero-order valence-electron chi connectivity index (χ0n) is 22.4. The van der Waals surface area contributed by atoms with Gasteiger partial charge in [0, 0.05) is 11.7 Å². The summed E-state index contributed by atoms with van der Waals surface area (Å²) >= 11 is 0. The molecule has 0 aliphatic carbocycles. The van der Waals surface area contributed by atoms with Crippen LogP contribution in [0.4, 0.5) is 0 Å². The SMILES string of the molecule is CCC1(CC)/C(=C(\C#N)[Si](C(C)C)(C(C)C)C(C)C)C(C)CN1S(=O)(=O)c1ccc(C)cc1. The Labute approximate surface area is 204 Å². The van der Waals surface area contributed by atoms with E-state index >= 15 is 0 Å². The second-order valence-electron chi connectivity index (χ2n) is 10.8. The van der Waals surface area contributed by atoms with E-state index in [1.807, 2.05) is 19.1 Å². The van der Waals surface area contributed by atoms with Gasteiger partial charge in [0.2, 0.25) is 10.0 Å². The first-order chi connectivity index (χ1) is 15.3. The van der Waals surface area contributed by atoms with Gasteiger partial charge in [-0.2, -0.15) is 9.57 Å². The molecular weight excluding hydrogens is 444 g/mol. The van der Waals surface area contributed by atoms with Gasteiger partial charge in [-0.1, -0.05) is 80.0 Å². The van der Waals surface area contributed by atoms with E-state index in [0.29, 0.717) is 40.9 Å². The normalized spacial score (nSPS) is 21.2. The van der Waals surface area contributed by atoms with Gasteiger partial charge in [-0.05, 0) is 60.0 Å². The minimum Gasteiger partial charge on any atom is -0.207 e. The summed E-state index contributed by atoms with van der Waals surface area (Å²) in [4.78, 5) is 0.339. The van der Waals surface area contributed by atoms with E-state index in [4.69, 9.17) is 0 Å². The van der Waals surface area contributed by atoms with Crippen molar-refractivity contribution in [2.75, 3.05) is 6.54 Å². The van der Waals surface area contributed by atoms with Crippen molar-refractivity contribution < 1.29 is 8.42 Å². The maximum Gasteiger partial charge on any atom is 0.243 e. The molecule has 0 amide bonds. The first-order valence-corrected chi connectivity index (χ1v) is 16.2. The van der Waals surface area contributed by atoms with E-state index in [-0.39, 0.29) is 5.92 Å². The van der Waals surface area contributed by atoms with Crippen molar-refractivity contribution >= 4 is 18.1 Å². The molecule has 1 aliphatic heterocycles. The quantitative estimate of drug-likeness (QED) is 0.286. The van der Waals surface area contributed by atoms with Crippen LogP contribution in [0.5, 0.6) is 0 Å². The fourth-order valence-corrected chi connectivity index (χ4v) is 15.8. The Bertz CT molecular complexity index is 991. The number of aryl methyl sites for hydroxylation is 1. The molecule has 1 unspecified atom stereocenters. The molecule has 0 bridgehead atoms.